The molecule has 2 heterocycles. The van der Waals surface area contributed by atoms with Gasteiger partial charge in [0.15, 0.2) is 0 Å². The Bertz CT molecular complexity index is 1930. The molecule has 1 unspecified atom stereocenters. The van der Waals surface area contributed by atoms with Crippen LogP contribution in [-0.2, 0) is 13.0 Å². The quantitative estimate of drug-likeness (QED) is 0.159. The first-order valence-electron chi connectivity index (χ1n) is 13.8. The van der Waals surface area contributed by atoms with Crippen LogP contribution in [0, 0.1) is 24.1 Å². The number of hydrogen-bond acceptors (Lipinski definition) is 7. The summed E-state index contributed by atoms with van der Waals surface area (Å²) in [6.45, 7) is 3.97. The molecule has 1 aliphatic heterocycles. The Hall–Kier alpha value is -5.55. The molecule has 4 aromatic carbocycles. The standard InChI is InChI=1S/C35H27FN2O5/c1-3-21-8-15-30-27(16-21)20(2)33(42-30)35(39)41-25-13-14-26-31(17-25)43-34(38)28(18-37)32(26)22-9-11-24(12-10-22)40-19-23-6-4-5-7-29(23)36/h4-17,32H,3,19,38H2,1-2H3. The fourth-order valence-corrected chi connectivity index (χ4v) is 5.21. The van der Waals surface area contributed by atoms with E-state index in [4.69, 9.17) is 24.4 Å². The molecule has 43 heavy (non-hydrogen) atoms. The highest BCUT2D eigenvalue weighted by Crippen LogP contribution is 2.44. The van der Waals surface area contributed by atoms with E-state index in [1.165, 1.54) is 6.07 Å². The zero-order valence-electron chi connectivity index (χ0n) is 23.5. The van der Waals surface area contributed by atoms with E-state index in [0.29, 0.717) is 33.8 Å². The van der Waals surface area contributed by atoms with E-state index in [-0.39, 0.29) is 35.4 Å². The summed E-state index contributed by atoms with van der Waals surface area (Å²) < 4.78 is 37.0. The fourth-order valence-electron chi connectivity index (χ4n) is 5.21. The van der Waals surface area contributed by atoms with Crippen LogP contribution >= 0.6 is 0 Å². The minimum Gasteiger partial charge on any atom is -0.489 e. The molecule has 1 aliphatic rings. The summed E-state index contributed by atoms with van der Waals surface area (Å²) in [6, 6.07) is 26.6. The van der Waals surface area contributed by atoms with Crippen molar-refractivity contribution in [1.29, 1.82) is 5.26 Å². The zero-order valence-corrected chi connectivity index (χ0v) is 23.5. The number of halogens is 1. The van der Waals surface area contributed by atoms with Crippen molar-refractivity contribution in [2.24, 2.45) is 5.73 Å². The van der Waals surface area contributed by atoms with Gasteiger partial charge in [-0.25, -0.2) is 9.18 Å². The molecule has 0 saturated carbocycles. The van der Waals surface area contributed by atoms with E-state index in [2.05, 4.69) is 13.0 Å². The Morgan fingerprint density at radius 3 is 2.53 bits per heavy atom. The molecule has 0 saturated heterocycles. The van der Waals surface area contributed by atoms with Crippen molar-refractivity contribution >= 4 is 16.9 Å². The molecule has 7 nitrogen and oxygen atoms in total. The number of nitrogens with zero attached hydrogens (tertiary/aromatic N) is 1. The van der Waals surface area contributed by atoms with Crippen LogP contribution in [-0.4, -0.2) is 5.97 Å². The first-order valence-corrected chi connectivity index (χ1v) is 13.8. The fraction of sp³-hybridized carbons (Fsp3) is 0.143. The number of allylic oxidation sites excluding steroid dienone is 1. The number of rotatable bonds is 7. The molecule has 1 aromatic heterocycles. The highest BCUT2D eigenvalue weighted by Gasteiger charge is 2.31. The van der Waals surface area contributed by atoms with Crippen molar-refractivity contribution < 1.29 is 27.8 Å². The lowest BCUT2D eigenvalue weighted by Gasteiger charge is -2.26. The lowest BCUT2D eigenvalue weighted by atomic mass is 9.83. The average Bonchev–Trinajstić information content (AvgIpc) is 3.35. The van der Waals surface area contributed by atoms with Gasteiger partial charge in [0.05, 0.1) is 5.92 Å². The predicted molar refractivity (Wildman–Crippen MR) is 158 cm³/mol. The maximum Gasteiger partial charge on any atom is 0.379 e. The van der Waals surface area contributed by atoms with Gasteiger partial charge in [0, 0.05) is 28.1 Å². The van der Waals surface area contributed by atoms with Crippen molar-refractivity contribution in [3.8, 4) is 23.3 Å². The molecule has 0 spiro atoms. The maximum atomic E-state index is 14.0. The van der Waals surface area contributed by atoms with Crippen molar-refractivity contribution in [2.45, 2.75) is 32.8 Å². The third kappa shape index (κ3) is 5.29. The van der Waals surface area contributed by atoms with Crippen LogP contribution in [0.25, 0.3) is 11.0 Å². The molecule has 0 bridgehead atoms. The molecule has 6 rings (SSSR count). The molecule has 0 aliphatic carbocycles. The normalized spacial score (nSPS) is 14.1. The van der Waals surface area contributed by atoms with E-state index >= 15 is 0 Å². The summed E-state index contributed by atoms with van der Waals surface area (Å²) >= 11 is 0. The summed E-state index contributed by atoms with van der Waals surface area (Å²) in [4.78, 5) is 13.1. The molecular formula is C35H27FN2O5. The third-order valence-electron chi connectivity index (χ3n) is 7.56. The van der Waals surface area contributed by atoms with Gasteiger partial charge in [0.2, 0.25) is 11.6 Å². The van der Waals surface area contributed by atoms with Crippen molar-refractivity contribution in [3.05, 3.63) is 136 Å². The minimum atomic E-state index is -0.633. The van der Waals surface area contributed by atoms with Crippen LogP contribution in [0.1, 0.15) is 51.2 Å². The van der Waals surface area contributed by atoms with Crippen LogP contribution in [0.4, 0.5) is 4.39 Å². The molecule has 214 valence electrons. The van der Waals surface area contributed by atoms with Gasteiger partial charge in [-0.3, -0.25) is 0 Å². The Kier molecular flexibility index (Phi) is 7.31. The lowest BCUT2D eigenvalue weighted by Crippen LogP contribution is -2.21. The first kappa shape index (κ1) is 27.6. The minimum absolute atomic E-state index is 0.0387. The molecule has 5 aromatic rings. The Balaban J connectivity index is 1.24. The monoisotopic (exact) mass is 574 g/mol. The van der Waals surface area contributed by atoms with Crippen LogP contribution in [0.2, 0.25) is 0 Å². The van der Waals surface area contributed by atoms with E-state index in [1.807, 2.05) is 37.3 Å². The Morgan fingerprint density at radius 1 is 1.02 bits per heavy atom. The second kappa shape index (κ2) is 11.4. The average molecular weight is 575 g/mol. The molecule has 0 amide bonds. The van der Waals surface area contributed by atoms with Crippen LogP contribution in [0.15, 0.2) is 101 Å². The third-order valence-corrected chi connectivity index (χ3v) is 7.56. The Morgan fingerprint density at radius 2 is 1.79 bits per heavy atom. The summed E-state index contributed by atoms with van der Waals surface area (Å²) in [7, 11) is 0. The van der Waals surface area contributed by atoms with E-state index in [0.717, 1.165) is 22.9 Å². The number of furan rings is 1. The molecule has 8 heteroatoms. The number of nitriles is 1. The van der Waals surface area contributed by atoms with Crippen LogP contribution < -0.4 is 19.9 Å². The number of fused-ring (bicyclic) bond motifs is 2. The molecule has 1 atom stereocenters. The number of nitrogens with two attached hydrogens (primary N) is 1. The van der Waals surface area contributed by atoms with E-state index in [9.17, 15) is 14.4 Å². The summed E-state index contributed by atoms with van der Waals surface area (Å²) in [5.74, 6) is -0.256. The van der Waals surface area contributed by atoms with Crippen LogP contribution in [0.3, 0.4) is 0 Å². The zero-order chi connectivity index (χ0) is 30.1. The number of benzene rings is 4. The van der Waals surface area contributed by atoms with E-state index < -0.39 is 11.9 Å². The van der Waals surface area contributed by atoms with Crippen molar-refractivity contribution in [1.82, 2.24) is 0 Å². The first-order chi connectivity index (χ1) is 20.9. The SMILES string of the molecule is CCc1ccc2oc(C(=O)Oc3ccc4c(c3)OC(N)=C(C#N)C4c3ccc(OCc4ccccc4F)cc3)c(C)c2c1. The van der Waals surface area contributed by atoms with Gasteiger partial charge in [-0.2, -0.15) is 5.26 Å². The number of hydrogen-bond donors (Lipinski definition) is 1. The second-order valence-corrected chi connectivity index (χ2v) is 10.2. The van der Waals surface area contributed by atoms with Crippen molar-refractivity contribution in [3.63, 3.8) is 0 Å². The van der Waals surface area contributed by atoms with Gasteiger partial charge in [-0.15, -0.1) is 0 Å². The van der Waals surface area contributed by atoms with E-state index in [1.54, 1.807) is 48.5 Å². The predicted octanol–water partition coefficient (Wildman–Crippen LogP) is 7.46. The Labute approximate surface area is 247 Å². The van der Waals surface area contributed by atoms with Gasteiger partial charge in [0.1, 0.15) is 46.9 Å². The number of aryl methyl sites for hydroxylation is 2. The maximum absolute atomic E-state index is 14.0. The van der Waals surface area contributed by atoms with Crippen LogP contribution in [0.5, 0.6) is 17.2 Å². The van der Waals surface area contributed by atoms with Gasteiger partial charge < -0.3 is 24.4 Å². The number of carbonyl (C=O) groups excluding carboxylic acids is 1. The largest absolute Gasteiger partial charge is 0.489 e. The lowest BCUT2D eigenvalue weighted by molar-refractivity contribution is 0.0702. The summed E-state index contributed by atoms with van der Waals surface area (Å²) in [6.07, 6.45) is 0.870. The molecule has 0 radical (unpaired) electrons. The van der Waals surface area contributed by atoms with Crippen molar-refractivity contribution in [2.75, 3.05) is 0 Å². The number of ether oxygens (including phenoxy) is 3. The number of carbonyl (C=O) groups is 1. The number of esters is 1. The van der Waals surface area contributed by atoms with Gasteiger partial charge in [-0.1, -0.05) is 49.4 Å². The summed E-state index contributed by atoms with van der Waals surface area (Å²) in [5.41, 5.74) is 10.8. The van der Waals surface area contributed by atoms with Gasteiger partial charge in [0.25, 0.3) is 0 Å². The topological polar surface area (TPSA) is 108 Å². The molecule has 0 fully saturated rings. The van der Waals surface area contributed by atoms with Gasteiger partial charge >= 0.3 is 5.97 Å². The highest BCUT2D eigenvalue weighted by molar-refractivity contribution is 5.97. The smallest absolute Gasteiger partial charge is 0.379 e. The second-order valence-electron chi connectivity index (χ2n) is 10.2. The highest BCUT2D eigenvalue weighted by atomic mass is 19.1. The van der Waals surface area contributed by atoms with Gasteiger partial charge in [-0.05, 0) is 60.9 Å². The molecule has 2 N–H and O–H groups in total. The summed E-state index contributed by atoms with van der Waals surface area (Å²) in [5, 5.41) is 10.8. The molecular weight excluding hydrogens is 547 g/mol.